The number of hydrogen-bond donors (Lipinski definition) is 2. The number of rotatable bonds is 1. The van der Waals surface area contributed by atoms with E-state index >= 15 is 0 Å². The van der Waals surface area contributed by atoms with Crippen molar-refractivity contribution in [2.45, 2.75) is 25.8 Å². The average Bonchev–Trinajstić information content (AvgIpc) is 2.83. The van der Waals surface area contributed by atoms with E-state index in [2.05, 4.69) is 10.1 Å². The van der Waals surface area contributed by atoms with Crippen LogP contribution in [0.4, 0.5) is 0 Å². The maximum atomic E-state index is 12.0. The van der Waals surface area contributed by atoms with E-state index in [0.717, 1.165) is 36.1 Å². The van der Waals surface area contributed by atoms with Gasteiger partial charge < -0.3 is 5.73 Å². The molecule has 0 saturated carbocycles. The molecule has 78 valence electrons. The van der Waals surface area contributed by atoms with Crippen molar-refractivity contribution in [2.24, 2.45) is 5.73 Å². The van der Waals surface area contributed by atoms with Gasteiger partial charge in [0.05, 0.1) is 5.69 Å². The first kappa shape index (κ1) is 8.67. The third kappa shape index (κ3) is 1.07. The summed E-state index contributed by atoms with van der Waals surface area (Å²) in [6, 6.07) is 0. The molecular formula is C10H12N4O. The quantitative estimate of drug-likeness (QED) is 0.685. The molecule has 2 aromatic heterocycles. The molecule has 3 rings (SSSR count). The van der Waals surface area contributed by atoms with Gasteiger partial charge in [0.15, 0.2) is 5.65 Å². The Hall–Kier alpha value is -1.62. The zero-order chi connectivity index (χ0) is 10.4. The fourth-order valence-electron chi connectivity index (χ4n) is 2.18. The van der Waals surface area contributed by atoms with Gasteiger partial charge in [0, 0.05) is 23.9 Å². The molecule has 0 saturated heterocycles. The minimum atomic E-state index is 0.0344. The predicted molar refractivity (Wildman–Crippen MR) is 55.7 cm³/mol. The van der Waals surface area contributed by atoms with Crippen LogP contribution in [0.3, 0.4) is 0 Å². The molecule has 3 N–H and O–H groups in total. The molecule has 0 bridgehead atoms. The van der Waals surface area contributed by atoms with E-state index in [9.17, 15) is 4.79 Å². The van der Waals surface area contributed by atoms with Crippen LogP contribution in [-0.4, -0.2) is 14.6 Å². The summed E-state index contributed by atoms with van der Waals surface area (Å²) in [4.78, 5) is 16.5. The van der Waals surface area contributed by atoms with Gasteiger partial charge >= 0.3 is 0 Å². The van der Waals surface area contributed by atoms with Crippen LogP contribution < -0.4 is 11.3 Å². The number of aromatic nitrogens is 3. The Bertz CT molecular complexity index is 581. The van der Waals surface area contributed by atoms with Gasteiger partial charge in [-0.15, -0.1) is 0 Å². The second-order valence-electron chi connectivity index (χ2n) is 3.86. The molecule has 0 unspecified atom stereocenters. The molecule has 2 aromatic rings. The molecule has 15 heavy (non-hydrogen) atoms. The molecule has 5 nitrogen and oxygen atoms in total. The van der Waals surface area contributed by atoms with Crippen LogP contribution in [0.1, 0.15) is 23.2 Å². The van der Waals surface area contributed by atoms with Crippen LogP contribution in [0.2, 0.25) is 0 Å². The van der Waals surface area contributed by atoms with E-state index in [4.69, 9.17) is 5.73 Å². The second-order valence-corrected chi connectivity index (χ2v) is 3.86. The largest absolute Gasteiger partial charge is 0.326 e. The summed E-state index contributed by atoms with van der Waals surface area (Å²) in [5.41, 5.74) is 9.00. The highest BCUT2D eigenvalue weighted by Gasteiger charge is 2.19. The summed E-state index contributed by atoms with van der Waals surface area (Å²) in [6.07, 6.45) is 4.54. The second kappa shape index (κ2) is 2.93. The number of nitrogens with one attached hydrogen (secondary N) is 1. The van der Waals surface area contributed by atoms with Crippen molar-refractivity contribution in [2.75, 3.05) is 0 Å². The molecule has 0 amide bonds. The SMILES string of the molecule is NCc1c[nH]n2c(=O)c3c(nc12)CCC3. The normalized spacial score (nSPS) is 14.7. The fourth-order valence-corrected chi connectivity index (χ4v) is 2.18. The topological polar surface area (TPSA) is 76.2 Å². The zero-order valence-corrected chi connectivity index (χ0v) is 8.29. The predicted octanol–water partition coefficient (Wildman–Crippen LogP) is -0.0300. The lowest BCUT2D eigenvalue weighted by Crippen LogP contribution is -2.20. The van der Waals surface area contributed by atoms with Crippen molar-refractivity contribution in [3.63, 3.8) is 0 Å². The van der Waals surface area contributed by atoms with Gasteiger partial charge in [-0.05, 0) is 19.3 Å². The van der Waals surface area contributed by atoms with Crippen molar-refractivity contribution in [3.8, 4) is 0 Å². The minimum absolute atomic E-state index is 0.0344. The number of fused-ring (bicyclic) bond motifs is 2. The van der Waals surface area contributed by atoms with E-state index in [1.54, 1.807) is 6.20 Å². The van der Waals surface area contributed by atoms with Gasteiger partial charge in [-0.2, -0.15) is 0 Å². The van der Waals surface area contributed by atoms with E-state index in [1.807, 2.05) is 0 Å². The van der Waals surface area contributed by atoms with Gasteiger partial charge in [-0.3, -0.25) is 9.89 Å². The third-order valence-corrected chi connectivity index (χ3v) is 2.98. The highest BCUT2D eigenvalue weighted by molar-refractivity contribution is 5.48. The standard InChI is InChI=1S/C10H12N4O/c11-4-6-5-12-14-9(6)13-8-3-1-2-7(8)10(14)15/h5,12H,1-4,11H2. The first-order valence-electron chi connectivity index (χ1n) is 5.12. The Morgan fingerprint density at radius 3 is 3.20 bits per heavy atom. The monoisotopic (exact) mass is 204 g/mol. The summed E-state index contributed by atoms with van der Waals surface area (Å²) in [5, 5.41) is 2.90. The minimum Gasteiger partial charge on any atom is -0.326 e. The summed E-state index contributed by atoms with van der Waals surface area (Å²) >= 11 is 0. The lowest BCUT2D eigenvalue weighted by molar-refractivity contribution is 0.870. The Morgan fingerprint density at radius 2 is 2.40 bits per heavy atom. The lowest BCUT2D eigenvalue weighted by atomic mass is 10.2. The summed E-state index contributed by atoms with van der Waals surface area (Å²) in [7, 11) is 0. The van der Waals surface area contributed by atoms with E-state index in [-0.39, 0.29) is 5.56 Å². The number of aromatic amines is 1. The van der Waals surface area contributed by atoms with Crippen molar-refractivity contribution >= 4 is 5.65 Å². The molecule has 0 atom stereocenters. The molecule has 1 aliphatic carbocycles. The van der Waals surface area contributed by atoms with Gasteiger partial charge in [0.25, 0.3) is 5.56 Å². The molecule has 0 aromatic carbocycles. The van der Waals surface area contributed by atoms with Crippen molar-refractivity contribution < 1.29 is 0 Å². The number of H-pyrrole nitrogens is 1. The first-order chi connectivity index (χ1) is 7.31. The summed E-state index contributed by atoms with van der Waals surface area (Å²) in [5.74, 6) is 0. The van der Waals surface area contributed by atoms with Gasteiger partial charge in [0.2, 0.25) is 0 Å². The lowest BCUT2D eigenvalue weighted by Gasteiger charge is -2.00. The van der Waals surface area contributed by atoms with Crippen LogP contribution in [0.5, 0.6) is 0 Å². The zero-order valence-electron chi connectivity index (χ0n) is 8.29. The van der Waals surface area contributed by atoms with E-state index in [1.165, 1.54) is 4.52 Å². The first-order valence-corrected chi connectivity index (χ1v) is 5.12. The molecule has 1 aliphatic rings. The van der Waals surface area contributed by atoms with Crippen molar-refractivity contribution in [1.82, 2.24) is 14.6 Å². The Balaban J connectivity index is 2.43. The number of nitrogens with zero attached hydrogens (tertiary/aromatic N) is 2. The Kier molecular flexibility index (Phi) is 1.70. The van der Waals surface area contributed by atoms with Gasteiger partial charge in [-0.1, -0.05) is 0 Å². The van der Waals surface area contributed by atoms with Crippen LogP contribution in [0.15, 0.2) is 11.0 Å². The molecule has 0 fully saturated rings. The molecule has 5 heteroatoms. The van der Waals surface area contributed by atoms with Crippen LogP contribution in [0.25, 0.3) is 5.65 Å². The van der Waals surface area contributed by atoms with Crippen molar-refractivity contribution in [1.29, 1.82) is 0 Å². The Morgan fingerprint density at radius 1 is 1.53 bits per heavy atom. The van der Waals surface area contributed by atoms with Crippen LogP contribution >= 0.6 is 0 Å². The summed E-state index contributed by atoms with van der Waals surface area (Å²) < 4.78 is 1.49. The van der Waals surface area contributed by atoms with Crippen LogP contribution in [-0.2, 0) is 19.4 Å². The van der Waals surface area contributed by atoms with Crippen LogP contribution in [0, 0.1) is 0 Å². The van der Waals surface area contributed by atoms with Gasteiger partial charge in [-0.25, -0.2) is 9.50 Å². The molecule has 0 spiro atoms. The highest BCUT2D eigenvalue weighted by Crippen LogP contribution is 2.17. The highest BCUT2D eigenvalue weighted by atomic mass is 16.1. The fraction of sp³-hybridized carbons (Fsp3) is 0.400. The molecule has 0 radical (unpaired) electrons. The van der Waals surface area contributed by atoms with Gasteiger partial charge in [0.1, 0.15) is 0 Å². The maximum Gasteiger partial charge on any atom is 0.276 e. The van der Waals surface area contributed by atoms with E-state index < -0.39 is 0 Å². The molecule has 0 aliphatic heterocycles. The smallest absolute Gasteiger partial charge is 0.276 e. The maximum absolute atomic E-state index is 12.0. The molecular weight excluding hydrogens is 192 g/mol. The number of nitrogens with two attached hydrogens (primary N) is 1. The van der Waals surface area contributed by atoms with Crippen molar-refractivity contribution in [3.05, 3.63) is 33.4 Å². The summed E-state index contributed by atoms with van der Waals surface area (Å²) in [6.45, 7) is 0.401. The van der Waals surface area contributed by atoms with E-state index in [0.29, 0.717) is 12.2 Å². The third-order valence-electron chi connectivity index (χ3n) is 2.98. The molecule has 2 heterocycles. The number of aryl methyl sites for hydroxylation is 1. The number of hydrogen-bond acceptors (Lipinski definition) is 3. The Labute approximate surface area is 85.9 Å². The average molecular weight is 204 g/mol.